The molecule has 0 amide bonds. The smallest absolute Gasteiger partial charge is 0.131 e. The van der Waals surface area contributed by atoms with Gasteiger partial charge in [0.2, 0.25) is 0 Å². The zero-order valence-electron chi connectivity index (χ0n) is 10.6. The average Bonchev–Trinajstić information content (AvgIpc) is 2.16. The average molecular weight is 285 g/mol. The number of benzene rings is 1. The van der Waals surface area contributed by atoms with E-state index >= 15 is 0 Å². The van der Waals surface area contributed by atoms with Crippen LogP contribution in [0.25, 0.3) is 0 Å². The molecular weight excluding hydrogens is 267 g/mol. The van der Waals surface area contributed by atoms with Crippen LogP contribution in [-0.2, 0) is 0 Å². The summed E-state index contributed by atoms with van der Waals surface area (Å²) in [4.78, 5) is 0. The fourth-order valence-corrected chi connectivity index (χ4v) is 4.02. The first-order valence-electron chi connectivity index (χ1n) is 5.93. The third kappa shape index (κ3) is 2.45. The first-order chi connectivity index (χ1) is 8.22. The third-order valence-electron chi connectivity index (χ3n) is 3.43. The standard InChI is InChI=1S/C14H18Cl2N2/c1-13(2)7-11(18)8-14(15,16)12(13)9-3-5-10(17)6-4-9/h3-7,12H,8,17-18H2,1-2H3. The number of hydrogen-bond acceptors (Lipinski definition) is 2. The van der Waals surface area contributed by atoms with Crippen molar-refractivity contribution in [3.8, 4) is 0 Å². The highest BCUT2D eigenvalue weighted by Crippen LogP contribution is 2.55. The van der Waals surface area contributed by atoms with E-state index < -0.39 is 4.33 Å². The number of nitrogen functional groups attached to an aromatic ring is 1. The fraction of sp³-hybridized carbons (Fsp3) is 0.429. The molecule has 0 fully saturated rings. The van der Waals surface area contributed by atoms with Gasteiger partial charge in [-0.1, -0.05) is 32.1 Å². The number of nitrogens with two attached hydrogens (primary N) is 2. The lowest BCUT2D eigenvalue weighted by molar-refractivity contribution is 0.316. The third-order valence-corrected chi connectivity index (χ3v) is 4.14. The van der Waals surface area contributed by atoms with Gasteiger partial charge >= 0.3 is 0 Å². The summed E-state index contributed by atoms with van der Waals surface area (Å²) in [5.41, 5.74) is 14.0. The Hall–Kier alpha value is -0.860. The van der Waals surface area contributed by atoms with Crippen molar-refractivity contribution in [3.05, 3.63) is 41.6 Å². The molecule has 1 aliphatic carbocycles. The SMILES string of the molecule is CC1(C)C=C(N)CC(Cl)(Cl)C1c1ccc(N)cc1. The molecule has 0 aromatic heterocycles. The van der Waals surface area contributed by atoms with Crippen LogP contribution in [0.2, 0.25) is 0 Å². The van der Waals surface area contributed by atoms with E-state index in [1.165, 1.54) is 0 Å². The van der Waals surface area contributed by atoms with Crippen LogP contribution >= 0.6 is 23.2 Å². The molecule has 4 heteroatoms. The zero-order chi connectivity index (χ0) is 13.6. The zero-order valence-corrected chi connectivity index (χ0v) is 12.1. The molecule has 1 atom stereocenters. The van der Waals surface area contributed by atoms with Crippen molar-refractivity contribution in [1.82, 2.24) is 0 Å². The summed E-state index contributed by atoms with van der Waals surface area (Å²) in [5, 5.41) is 0. The highest BCUT2D eigenvalue weighted by atomic mass is 35.5. The summed E-state index contributed by atoms with van der Waals surface area (Å²) in [5.74, 6) is -0.0127. The maximum atomic E-state index is 6.51. The molecule has 4 N–H and O–H groups in total. The molecule has 1 unspecified atom stereocenters. The van der Waals surface area contributed by atoms with E-state index in [0.29, 0.717) is 6.42 Å². The van der Waals surface area contributed by atoms with Crippen LogP contribution in [0.4, 0.5) is 5.69 Å². The second-order valence-electron chi connectivity index (χ2n) is 5.58. The summed E-state index contributed by atoms with van der Waals surface area (Å²) >= 11 is 13.0. The molecule has 1 aromatic rings. The van der Waals surface area contributed by atoms with Gasteiger partial charge in [-0.05, 0) is 23.1 Å². The van der Waals surface area contributed by atoms with Gasteiger partial charge in [0.25, 0.3) is 0 Å². The molecule has 2 nitrogen and oxygen atoms in total. The van der Waals surface area contributed by atoms with Gasteiger partial charge in [-0.3, -0.25) is 0 Å². The van der Waals surface area contributed by atoms with Crippen LogP contribution in [0.15, 0.2) is 36.0 Å². The normalized spacial score (nSPS) is 25.6. The highest BCUT2D eigenvalue weighted by molar-refractivity contribution is 6.49. The summed E-state index contributed by atoms with van der Waals surface area (Å²) in [7, 11) is 0. The van der Waals surface area contributed by atoms with Crippen LogP contribution in [0.5, 0.6) is 0 Å². The summed E-state index contributed by atoms with van der Waals surface area (Å²) < 4.78 is -0.890. The summed E-state index contributed by atoms with van der Waals surface area (Å²) in [6.45, 7) is 4.19. The summed E-state index contributed by atoms with van der Waals surface area (Å²) in [6.07, 6.45) is 2.53. The fourth-order valence-electron chi connectivity index (χ4n) is 2.89. The van der Waals surface area contributed by atoms with E-state index in [-0.39, 0.29) is 11.3 Å². The van der Waals surface area contributed by atoms with Crippen molar-refractivity contribution in [2.24, 2.45) is 11.1 Å². The Morgan fingerprint density at radius 3 is 2.17 bits per heavy atom. The van der Waals surface area contributed by atoms with Gasteiger partial charge in [-0.15, -0.1) is 23.2 Å². The largest absolute Gasteiger partial charge is 0.402 e. The monoisotopic (exact) mass is 284 g/mol. The van der Waals surface area contributed by atoms with Crippen molar-refractivity contribution in [2.45, 2.75) is 30.5 Å². The van der Waals surface area contributed by atoms with Crippen LogP contribution in [0.1, 0.15) is 31.7 Å². The number of rotatable bonds is 1. The molecule has 0 aliphatic heterocycles. The van der Waals surface area contributed by atoms with Gasteiger partial charge in [0.1, 0.15) is 4.33 Å². The minimum Gasteiger partial charge on any atom is -0.402 e. The lowest BCUT2D eigenvalue weighted by atomic mass is 9.68. The first kappa shape index (κ1) is 13.6. The van der Waals surface area contributed by atoms with Crippen molar-refractivity contribution in [1.29, 1.82) is 0 Å². The predicted octanol–water partition coefficient (Wildman–Crippen LogP) is 3.80. The molecule has 0 heterocycles. The molecule has 0 saturated heterocycles. The Morgan fingerprint density at radius 1 is 1.11 bits per heavy atom. The molecule has 0 spiro atoms. The second-order valence-corrected chi connectivity index (χ2v) is 7.12. The lowest BCUT2D eigenvalue weighted by Gasteiger charge is -2.44. The number of allylic oxidation sites excluding steroid dienone is 2. The highest BCUT2D eigenvalue weighted by Gasteiger charge is 2.47. The molecule has 18 heavy (non-hydrogen) atoms. The molecule has 2 rings (SSSR count). The molecule has 0 bridgehead atoms. The molecular formula is C14H18Cl2N2. The Balaban J connectivity index is 2.50. The van der Waals surface area contributed by atoms with Crippen LogP contribution in [0, 0.1) is 5.41 Å². The minimum absolute atomic E-state index is 0.0127. The number of alkyl halides is 2. The maximum absolute atomic E-state index is 6.51. The molecule has 1 aromatic carbocycles. The first-order valence-corrected chi connectivity index (χ1v) is 6.68. The second kappa shape index (κ2) is 4.36. The van der Waals surface area contributed by atoms with Gasteiger partial charge in [0.05, 0.1) is 0 Å². The minimum atomic E-state index is -0.890. The lowest BCUT2D eigenvalue weighted by Crippen LogP contribution is -2.40. The van der Waals surface area contributed by atoms with Crippen molar-refractivity contribution >= 4 is 28.9 Å². The number of hydrogen-bond donors (Lipinski definition) is 2. The van der Waals surface area contributed by atoms with Crippen molar-refractivity contribution < 1.29 is 0 Å². The Bertz CT molecular complexity index is 475. The van der Waals surface area contributed by atoms with Gasteiger partial charge < -0.3 is 11.5 Å². The Kier molecular flexibility index (Phi) is 3.28. The molecule has 1 aliphatic rings. The maximum Gasteiger partial charge on any atom is 0.131 e. The van der Waals surface area contributed by atoms with E-state index in [1.807, 2.05) is 24.3 Å². The van der Waals surface area contributed by atoms with Gasteiger partial charge in [-0.2, -0.15) is 0 Å². The number of anilines is 1. The van der Waals surface area contributed by atoms with Gasteiger partial charge in [0.15, 0.2) is 0 Å². The summed E-state index contributed by atoms with van der Waals surface area (Å²) in [6, 6.07) is 7.71. The van der Waals surface area contributed by atoms with E-state index in [9.17, 15) is 0 Å². The quantitative estimate of drug-likeness (QED) is 0.609. The van der Waals surface area contributed by atoms with Crippen LogP contribution in [-0.4, -0.2) is 4.33 Å². The Labute approximate surface area is 118 Å². The van der Waals surface area contributed by atoms with E-state index in [2.05, 4.69) is 19.9 Å². The number of halogens is 2. The molecule has 0 radical (unpaired) electrons. The van der Waals surface area contributed by atoms with Crippen molar-refractivity contribution in [3.63, 3.8) is 0 Å². The predicted molar refractivity (Wildman–Crippen MR) is 78.7 cm³/mol. The van der Waals surface area contributed by atoms with Crippen LogP contribution in [0.3, 0.4) is 0 Å². The Morgan fingerprint density at radius 2 is 1.67 bits per heavy atom. The topological polar surface area (TPSA) is 52.0 Å². The van der Waals surface area contributed by atoms with E-state index in [0.717, 1.165) is 16.9 Å². The van der Waals surface area contributed by atoms with Gasteiger partial charge in [0, 0.05) is 23.7 Å². The van der Waals surface area contributed by atoms with E-state index in [4.69, 9.17) is 34.7 Å². The van der Waals surface area contributed by atoms with Gasteiger partial charge in [-0.25, -0.2) is 0 Å². The molecule has 0 saturated carbocycles. The molecule has 98 valence electrons. The van der Waals surface area contributed by atoms with Crippen LogP contribution < -0.4 is 11.5 Å². The van der Waals surface area contributed by atoms with Crippen molar-refractivity contribution in [2.75, 3.05) is 5.73 Å². The van der Waals surface area contributed by atoms with E-state index in [1.54, 1.807) is 0 Å².